The van der Waals surface area contributed by atoms with Gasteiger partial charge in [-0.15, -0.1) is 0 Å². The Morgan fingerprint density at radius 1 is 0.438 bits per heavy atom. The van der Waals surface area contributed by atoms with Crippen molar-refractivity contribution in [2.45, 2.75) is 0 Å². The summed E-state index contributed by atoms with van der Waals surface area (Å²) in [5.41, 5.74) is -0.0146. The number of aromatic hydroxyl groups is 4. The third-order valence-corrected chi connectivity index (χ3v) is 5.07. The number of phenolic OH excluding ortho intramolecular Hbond substituents is 4. The first kappa shape index (κ1) is 20.5. The monoisotopic (exact) mass is 430 g/mol. The zero-order valence-corrected chi connectivity index (χ0v) is 16.2. The molecule has 0 heterocycles. The van der Waals surface area contributed by atoms with E-state index in [0.717, 1.165) is 12.2 Å². The maximum Gasteiger partial charge on any atom is 0.198 e. The molecule has 5 rings (SSSR count). The molecule has 0 unspecified atom stereocenters. The second-order valence-electron chi connectivity index (χ2n) is 6.97. The van der Waals surface area contributed by atoms with Gasteiger partial charge in [-0.25, -0.2) is 0 Å². The zero-order valence-electron chi connectivity index (χ0n) is 16.2. The summed E-state index contributed by atoms with van der Waals surface area (Å²) in [7, 11) is 0. The molecular formula is C24H14O8. The molecule has 0 aromatic heterocycles. The highest BCUT2D eigenvalue weighted by atomic mass is 16.3. The number of carbonyl (C=O) groups excluding carboxylic acids is 4. The molecule has 2 aliphatic rings. The number of fused-ring (bicyclic) bond motifs is 3. The fourth-order valence-corrected chi connectivity index (χ4v) is 3.59. The van der Waals surface area contributed by atoms with Crippen LogP contribution >= 0.6 is 0 Å². The van der Waals surface area contributed by atoms with Crippen LogP contribution in [0.5, 0.6) is 23.0 Å². The van der Waals surface area contributed by atoms with Crippen molar-refractivity contribution in [2.75, 3.05) is 0 Å². The predicted octanol–water partition coefficient (Wildman–Crippen LogP) is 2.91. The van der Waals surface area contributed by atoms with Gasteiger partial charge in [0.2, 0.25) is 0 Å². The van der Waals surface area contributed by atoms with Crippen molar-refractivity contribution >= 4 is 23.1 Å². The van der Waals surface area contributed by atoms with Crippen LogP contribution in [-0.2, 0) is 0 Å². The van der Waals surface area contributed by atoms with Crippen molar-refractivity contribution in [3.05, 3.63) is 94.1 Å². The molecule has 4 N–H and O–H groups in total. The number of hydrogen-bond acceptors (Lipinski definition) is 8. The Bertz CT molecular complexity index is 1280. The molecular weight excluding hydrogens is 416 g/mol. The summed E-state index contributed by atoms with van der Waals surface area (Å²) in [5, 5.41) is 38.1. The van der Waals surface area contributed by atoms with Crippen molar-refractivity contribution < 1.29 is 39.6 Å². The van der Waals surface area contributed by atoms with Crippen molar-refractivity contribution in [1.29, 1.82) is 0 Å². The lowest BCUT2D eigenvalue weighted by Gasteiger charge is -2.18. The van der Waals surface area contributed by atoms with Crippen LogP contribution in [0.15, 0.2) is 60.7 Å². The number of rotatable bonds is 0. The number of phenols is 4. The lowest BCUT2D eigenvalue weighted by atomic mass is 9.83. The number of carbonyl (C=O) groups is 4. The lowest BCUT2D eigenvalue weighted by Crippen LogP contribution is -2.20. The minimum Gasteiger partial charge on any atom is -0.507 e. The Labute approximate surface area is 180 Å². The predicted molar refractivity (Wildman–Crippen MR) is 111 cm³/mol. The van der Waals surface area contributed by atoms with Crippen LogP contribution in [0.4, 0.5) is 0 Å². The molecule has 0 radical (unpaired) electrons. The van der Waals surface area contributed by atoms with Crippen LogP contribution in [0.25, 0.3) is 0 Å². The van der Waals surface area contributed by atoms with Gasteiger partial charge in [0.1, 0.15) is 23.0 Å². The van der Waals surface area contributed by atoms with E-state index in [2.05, 4.69) is 0 Å². The van der Waals surface area contributed by atoms with Crippen molar-refractivity contribution in [2.24, 2.45) is 0 Å². The van der Waals surface area contributed by atoms with Gasteiger partial charge < -0.3 is 20.4 Å². The van der Waals surface area contributed by atoms with E-state index in [4.69, 9.17) is 0 Å². The first-order valence-electron chi connectivity index (χ1n) is 9.27. The Morgan fingerprint density at radius 3 is 1.09 bits per heavy atom. The second-order valence-corrected chi connectivity index (χ2v) is 6.97. The highest BCUT2D eigenvalue weighted by Gasteiger charge is 2.33. The van der Waals surface area contributed by atoms with Crippen LogP contribution in [-0.4, -0.2) is 43.6 Å². The van der Waals surface area contributed by atoms with Crippen LogP contribution < -0.4 is 0 Å². The van der Waals surface area contributed by atoms with Gasteiger partial charge in [0.05, 0.1) is 22.3 Å². The van der Waals surface area contributed by atoms with E-state index < -0.39 is 23.1 Å². The summed E-state index contributed by atoms with van der Waals surface area (Å²) < 4.78 is 0. The molecule has 0 fully saturated rings. The molecule has 0 aliphatic heterocycles. The van der Waals surface area contributed by atoms with Crippen molar-refractivity contribution in [1.82, 2.24) is 0 Å². The van der Waals surface area contributed by atoms with Crippen molar-refractivity contribution in [3.8, 4) is 23.0 Å². The molecule has 8 nitrogen and oxygen atoms in total. The topological polar surface area (TPSA) is 149 Å². The summed E-state index contributed by atoms with van der Waals surface area (Å²) in [6, 6.07) is 11.1. The van der Waals surface area contributed by atoms with Gasteiger partial charge in [-0.05, 0) is 36.4 Å². The van der Waals surface area contributed by atoms with E-state index in [1.807, 2.05) is 0 Å². The van der Waals surface area contributed by atoms with E-state index in [1.54, 1.807) is 12.1 Å². The zero-order chi connectivity index (χ0) is 23.2. The molecule has 0 atom stereocenters. The quantitative estimate of drug-likeness (QED) is 0.311. The van der Waals surface area contributed by atoms with Crippen molar-refractivity contribution in [3.63, 3.8) is 0 Å². The molecule has 0 saturated heterocycles. The Balaban J connectivity index is 0.000000158. The number of allylic oxidation sites excluding steroid dienone is 2. The van der Waals surface area contributed by atoms with E-state index >= 15 is 0 Å². The molecule has 8 heteroatoms. The van der Waals surface area contributed by atoms with Gasteiger partial charge in [0, 0.05) is 11.1 Å². The van der Waals surface area contributed by atoms with Crippen LogP contribution in [0.2, 0.25) is 0 Å². The third-order valence-electron chi connectivity index (χ3n) is 5.07. The Kier molecular flexibility index (Phi) is 4.82. The SMILES string of the molecule is O=C1C=CC(=O)c2c(O)ccc(O)c21.O=C1c2ccccc2C(=O)c2c(O)ccc(O)c21. The Hall–Kier alpha value is -4.72. The van der Waals surface area contributed by atoms with Gasteiger partial charge in [-0.3, -0.25) is 19.2 Å². The number of ketones is 4. The van der Waals surface area contributed by atoms with Crippen LogP contribution in [0.1, 0.15) is 52.6 Å². The van der Waals surface area contributed by atoms with Gasteiger partial charge in [-0.2, -0.15) is 0 Å². The van der Waals surface area contributed by atoms with E-state index in [0.29, 0.717) is 0 Å². The van der Waals surface area contributed by atoms with Crippen LogP contribution in [0, 0.1) is 0 Å². The average Bonchev–Trinajstić information content (AvgIpc) is 2.78. The second kappa shape index (κ2) is 7.51. The first-order chi connectivity index (χ1) is 15.2. The minimum atomic E-state index is -0.479. The maximum absolute atomic E-state index is 12.2. The molecule has 2 aliphatic carbocycles. The molecule has 0 amide bonds. The highest BCUT2D eigenvalue weighted by molar-refractivity contribution is 6.30. The standard InChI is InChI=1S/C14H8O4.C10H6O4/c15-9-5-6-10(16)12-11(9)13(17)7-3-1-2-4-8(7)14(12)18;11-5-1-2-6(12)10-8(14)4-3-7(13)9(5)10/h1-6,15-16H;1-4,11-12H. The van der Waals surface area contributed by atoms with Crippen LogP contribution in [0.3, 0.4) is 0 Å². The van der Waals surface area contributed by atoms with Gasteiger partial charge in [0.25, 0.3) is 0 Å². The first-order valence-corrected chi connectivity index (χ1v) is 9.27. The summed E-state index contributed by atoms with van der Waals surface area (Å²) in [6.07, 6.45) is 2.15. The van der Waals surface area contributed by atoms with E-state index in [-0.39, 0.29) is 56.4 Å². The number of benzene rings is 3. The molecule has 0 spiro atoms. The minimum absolute atomic E-state index is 0.126. The largest absolute Gasteiger partial charge is 0.507 e. The van der Waals surface area contributed by atoms with Gasteiger partial charge in [-0.1, -0.05) is 24.3 Å². The molecule has 3 aromatic rings. The summed E-state index contributed by atoms with van der Waals surface area (Å²) in [5.74, 6) is -3.03. The summed E-state index contributed by atoms with van der Waals surface area (Å²) in [4.78, 5) is 47.0. The smallest absolute Gasteiger partial charge is 0.198 e. The van der Waals surface area contributed by atoms with Gasteiger partial charge in [0.15, 0.2) is 23.1 Å². The molecule has 0 saturated carbocycles. The maximum atomic E-state index is 12.2. The normalized spacial score (nSPS) is 13.6. The molecule has 0 bridgehead atoms. The average molecular weight is 430 g/mol. The Morgan fingerprint density at radius 2 is 0.750 bits per heavy atom. The van der Waals surface area contributed by atoms with E-state index in [9.17, 15) is 39.6 Å². The summed E-state index contributed by atoms with van der Waals surface area (Å²) >= 11 is 0. The van der Waals surface area contributed by atoms with Gasteiger partial charge >= 0.3 is 0 Å². The highest BCUT2D eigenvalue weighted by Crippen LogP contribution is 2.37. The van der Waals surface area contributed by atoms with E-state index in [1.165, 1.54) is 36.4 Å². The molecule has 3 aromatic carbocycles. The third kappa shape index (κ3) is 3.10. The molecule has 158 valence electrons. The fourth-order valence-electron chi connectivity index (χ4n) is 3.59. The lowest BCUT2D eigenvalue weighted by molar-refractivity contribution is 0.0974. The molecule has 32 heavy (non-hydrogen) atoms. The number of hydrogen-bond donors (Lipinski definition) is 4. The fraction of sp³-hybridized carbons (Fsp3) is 0. The summed E-state index contributed by atoms with van der Waals surface area (Å²) in [6.45, 7) is 0.